The number of aromatic carboxylic acids is 1. The first-order valence-electron chi connectivity index (χ1n) is 6.48. The average Bonchev–Trinajstić information content (AvgIpc) is 2.75. The second-order valence-corrected chi connectivity index (χ2v) is 5.01. The lowest BCUT2D eigenvalue weighted by molar-refractivity contribution is 0.0692. The van der Waals surface area contributed by atoms with E-state index in [0.29, 0.717) is 18.7 Å². The first-order chi connectivity index (χ1) is 9.08. The van der Waals surface area contributed by atoms with Crippen molar-refractivity contribution in [2.45, 2.75) is 31.9 Å². The third-order valence-electron chi connectivity index (χ3n) is 3.62. The molecule has 0 heterocycles. The standard InChI is InChI=1S/C14H18FNO3/c15-12-6-9(4-5-11(12)14(18)19)7-16-8-10-2-1-3-13(10)17/h4-6,10,13,16-17H,1-3,7-8H2,(H,18,19). The van der Waals surface area contributed by atoms with Gasteiger partial charge in [0.25, 0.3) is 0 Å². The van der Waals surface area contributed by atoms with Gasteiger partial charge in [-0.2, -0.15) is 0 Å². The van der Waals surface area contributed by atoms with Gasteiger partial charge in [-0.15, -0.1) is 0 Å². The fourth-order valence-corrected chi connectivity index (χ4v) is 2.50. The maximum atomic E-state index is 13.4. The van der Waals surface area contributed by atoms with E-state index in [1.54, 1.807) is 6.07 Å². The van der Waals surface area contributed by atoms with Crippen molar-refractivity contribution in [2.75, 3.05) is 6.54 Å². The number of carboxylic acids is 1. The second-order valence-electron chi connectivity index (χ2n) is 5.01. The summed E-state index contributed by atoms with van der Waals surface area (Å²) in [6.45, 7) is 1.17. The first kappa shape index (κ1) is 14.0. The molecule has 2 rings (SSSR count). The fraction of sp³-hybridized carbons (Fsp3) is 0.500. The van der Waals surface area contributed by atoms with Crippen LogP contribution in [0, 0.1) is 11.7 Å². The molecule has 0 radical (unpaired) electrons. The Morgan fingerprint density at radius 1 is 1.42 bits per heavy atom. The van der Waals surface area contributed by atoms with Crippen LogP contribution >= 0.6 is 0 Å². The van der Waals surface area contributed by atoms with Gasteiger partial charge in [0.1, 0.15) is 5.82 Å². The normalized spacial score (nSPS) is 22.6. The maximum Gasteiger partial charge on any atom is 0.338 e. The molecule has 5 heteroatoms. The van der Waals surface area contributed by atoms with Crippen LogP contribution in [0.2, 0.25) is 0 Å². The summed E-state index contributed by atoms with van der Waals surface area (Å²) in [6, 6.07) is 4.12. The fourth-order valence-electron chi connectivity index (χ4n) is 2.50. The number of carboxylic acid groups (broad SMARTS) is 1. The van der Waals surface area contributed by atoms with Crippen molar-refractivity contribution in [1.29, 1.82) is 0 Å². The van der Waals surface area contributed by atoms with Gasteiger partial charge < -0.3 is 15.5 Å². The molecule has 0 spiro atoms. The lowest BCUT2D eigenvalue weighted by Gasteiger charge is -2.15. The van der Waals surface area contributed by atoms with Crippen LogP contribution in [0.5, 0.6) is 0 Å². The van der Waals surface area contributed by atoms with E-state index in [9.17, 15) is 14.3 Å². The zero-order valence-electron chi connectivity index (χ0n) is 10.6. The van der Waals surface area contributed by atoms with Crippen LogP contribution in [0.4, 0.5) is 4.39 Å². The lowest BCUT2D eigenvalue weighted by Crippen LogP contribution is -2.27. The molecule has 1 aromatic carbocycles. The number of carbonyl (C=O) groups is 1. The molecule has 3 N–H and O–H groups in total. The SMILES string of the molecule is O=C(O)c1ccc(CNCC2CCCC2O)cc1F. The monoisotopic (exact) mass is 267 g/mol. The van der Waals surface area contributed by atoms with Crippen LogP contribution in [0.15, 0.2) is 18.2 Å². The van der Waals surface area contributed by atoms with Gasteiger partial charge in [0, 0.05) is 13.1 Å². The molecule has 0 saturated heterocycles. The molecule has 2 atom stereocenters. The Balaban J connectivity index is 1.86. The summed E-state index contributed by atoms with van der Waals surface area (Å²) in [5, 5.41) is 21.6. The molecule has 19 heavy (non-hydrogen) atoms. The van der Waals surface area contributed by atoms with Crippen molar-refractivity contribution in [3.8, 4) is 0 Å². The Labute approximate surface area is 111 Å². The Morgan fingerprint density at radius 3 is 2.79 bits per heavy atom. The minimum atomic E-state index is -1.26. The van der Waals surface area contributed by atoms with E-state index in [2.05, 4.69) is 5.32 Å². The van der Waals surface area contributed by atoms with Crippen molar-refractivity contribution < 1.29 is 19.4 Å². The number of aliphatic hydroxyl groups is 1. The zero-order valence-corrected chi connectivity index (χ0v) is 10.6. The van der Waals surface area contributed by atoms with Crippen LogP contribution in [0.3, 0.4) is 0 Å². The molecule has 0 aliphatic heterocycles. The smallest absolute Gasteiger partial charge is 0.338 e. The highest BCUT2D eigenvalue weighted by Crippen LogP contribution is 2.24. The highest BCUT2D eigenvalue weighted by atomic mass is 19.1. The summed E-state index contributed by atoms with van der Waals surface area (Å²) in [6.07, 6.45) is 2.68. The van der Waals surface area contributed by atoms with Gasteiger partial charge in [-0.25, -0.2) is 9.18 Å². The molecule has 0 amide bonds. The van der Waals surface area contributed by atoms with Gasteiger partial charge in [0.2, 0.25) is 0 Å². The van der Waals surface area contributed by atoms with Crippen molar-refractivity contribution in [1.82, 2.24) is 5.32 Å². The molecule has 0 aromatic heterocycles. The van der Waals surface area contributed by atoms with Gasteiger partial charge in [-0.1, -0.05) is 12.5 Å². The second kappa shape index (κ2) is 6.12. The van der Waals surface area contributed by atoms with Crippen molar-refractivity contribution in [3.63, 3.8) is 0 Å². The quantitative estimate of drug-likeness (QED) is 0.760. The summed E-state index contributed by atoms with van der Waals surface area (Å²) in [5.74, 6) is -1.71. The van der Waals surface area contributed by atoms with Gasteiger partial charge in [0.15, 0.2) is 0 Å². The Morgan fingerprint density at radius 2 is 2.21 bits per heavy atom. The number of benzene rings is 1. The molecule has 1 aliphatic carbocycles. The highest BCUT2D eigenvalue weighted by molar-refractivity contribution is 5.87. The van der Waals surface area contributed by atoms with Crippen molar-refractivity contribution >= 4 is 5.97 Å². The Kier molecular flexibility index (Phi) is 4.50. The number of rotatable bonds is 5. The lowest BCUT2D eigenvalue weighted by atomic mass is 10.1. The number of aliphatic hydroxyl groups excluding tert-OH is 1. The number of hydrogen-bond donors (Lipinski definition) is 3. The Bertz CT molecular complexity index is 464. The summed E-state index contributed by atoms with van der Waals surface area (Å²) < 4.78 is 13.4. The largest absolute Gasteiger partial charge is 0.478 e. The van der Waals surface area contributed by atoms with Gasteiger partial charge in [-0.3, -0.25) is 0 Å². The van der Waals surface area contributed by atoms with Gasteiger partial charge in [0.05, 0.1) is 11.7 Å². The van der Waals surface area contributed by atoms with E-state index >= 15 is 0 Å². The van der Waals surface area contributed by atoms with Crippen molar-refractivity contribution in [3.05, 3.63) is 35.1 Å². The van der Waals surface area contributed by atoms with Crippen LogP contribution in [-0.4, -0.2) is 28.8 Å². The van der Waals surface area contributed by atoms with Gasteiger partial charge >= 0.3 is 5.97 Å². The minimum absolute atomic E-state index is 0.237. The van der Waals surface area contributed by atoms with E-state index in [4.69, 9.17) is 5.11 Å². The topological polar surface area (TPSA) is 69.6 Å². The predicted molar refractivity (Wildman–Crippen MR) is 68.4 cm³/mol. The summed E-state index contributed by atoms with van der Waals surface area (Å²) in [5.41, 5.74) is 0.393. The summed E-state index contributed by atoms with van der Waals surface area (Å²) in [4.78, 5) is 10.7. The van der Waals surface area contributed by atoms with Crippen molar-refractivity contribution in [2.24, 2.45) is 5.92 Å². The molecule has 104 valence electrons. The average molecular weight is 267 g/mol. The number of hydrogen-bond acceptors (Lipinski definition) is 3. The molecule has 0 bridgehead atoms. The van der Waals surface area contributed by atoms with E-state index in [1.165, 1.54) is 12.1 Å². The predicted octanol–water partition coefficient (Wildman–Crippen LogP) is 1.77. The molecule has 1 fully saturated rings. The van der Waals surface area contributed by atoms with E-state index < -0.39 is 11.8 Å². The maximum absolute atomic E-state index is 13.4. The molecular formula is C14H18FNO3. The molecule has 4 nitrogen and oxygen atoms in total. The summed E-state index contributed by atoms with van der Waals surface area (Å²) >= 11 is 0. The van der Waals surface area contributed by atoms with E-state index in [1.807, 2.05) is 0 Å². The molecule has 1 aromatic rings. The molecule has 1 aliphatic rings. The third-order valence-corrected chi connectivity index (χ3v) is 3.62. The highest BCUT2D eigenvalue weighted by Gasteiger charge is 2.24. The minimum Gasteiger partial charge on any atom is -0.478 e. The van der Waals surface area contributed by atoms with E-state index in [0.717, 1.165) is 19.3 Å². The first-order valence-corrected chi connectivity index (χ1v) is 6.48. The zero-order chi connectivity index (χ0) is 13.8. The van der Waals surface area contributed by atoms with Gasteiger partial charge in [-0.05, 0) is 36.5 Å². The van der Waals surface area contributed by atoms with Crippen LogP contribution in [0.1, 0.15) is 35.2 Å². The van der Waals surface area contributed by atoms with Crippen LogP contribution in [0.25, 0.3) is 0 Å². The summed E-state index contributed by atoms with van der Waals surface area (Å²) in [7, 11) is 0. The number of halogens is 1. The van der Waals surface area contributed by atoms with Crippen LogP contribution in [-0.2, 0) is 6.54 Å². The number of nitrogens with one attached hydrogen (secondary N) is 1. The molecule has 2 unspecified atom stereocenters. The third kappa shape index (κ3) is 3.52. The molecule has 1 saturated carbocycles. The van der Waals surface area contributed by atoms with E-state index in [-0.39, 0.29) is 17.6 Å². The van der Waals surface area contributed by atoms with Crippen LogP contribution < -0.4 is 5.32 Å². The molecular weight excluding hydrogens is 249 g/mol. The Hall–Kier alpha value is -1.46.